The van der Waals surface area contributed by atoms with Gasteiger partial charge in [0.15, 0.2) is 28.8 Å². The summed E-state index contributed by atoms with van der Waals surface area (Å²) in [5.74, 6) is 1.60. The number of allylic oxidation sites excluding steroid dienone is 1. The van der Waals surface area contributed by atoms with Gasteiger partial charge in [0.2, 0.25) is 0 Å². The Morgan fingerprint density at radius 3 is 1.91 bits per heavy atom. The van der Waals surface area contributed by atoms with Crippen LogP contribution in [0.15, 0.2) is 60.7 Å². The van der Waals surface area contributed by atoms with Crippen molar-refractivity contribution in [3.63, 3.8) is 0 Å². The van der Waals surface area contributed by atoms with Crippen molar-refractivity contribution in [1.29, 1.82) is 0 Å². The molecule has 3 aromatic carbocycles. The zero-order valence-electron chi connectivity index (χ0n) is 20.1. The van der Waals surface area contributed by atoms with Crippen LogP contribution >= 0.6 is 0 Å². The first-order chi connectivity index (χ1) is 16.9. The first-order valence-corrected chi connectivity index (χ1v) is 10.5. The van der Waals surface area contributed by atoms with Crippen LogP contribution in [0.5, 0.6) is 34.5 Å². The molecule has 0 spiro atoms. The third-order valence-electron chi connectivity index (χ3n) is 5.11. The highest BCUT2D eigenvalue weighted by Gasteiger charge is 2.16. The van der Waals surface area contributed by atoms with Crippen LogP contribution < -0.4 is 28.4 Å². The summed E-state index contributed by atoms with van der Waals surface area (Å²) in [4.78, 5) is 25.4. The summed E-state index contributed by atoms with van der Waals surface area (Å²) in [5, 5.41) is 0. The van der Waals surface area contributed by atoms with E-state index in [0.717, 1.165) is 0 Å². The molecule has 0 aliphatic rings. The van der Waals surface area contributed by atoms with Crippen molar-refractivity contribution in [2.24, 2.45) is 0 Å². The first-order valence-electron chi connectivity index (χ1n) is 10.5. The molecule has 182 valence electrons. The molecule has 0 saturated carbocycles. The molecule has 0 bridgehead atoms. The second-order valence-corrected chi connectivity index (χ2v) is 7.13. The highest BCUT2D eigenvalue weighted by atomic mass is 16.6. The molecule has 0 aliphatic carbocycles. The fourth-order valence-electron chi connectivity index (χ4n) is 3.26. The zero-order chi connectivity index (χ0) is 25.4. The van der Waals surface area contributed by atoms with E-state index in [1.165, 1.54) is 47.7 Å². The topological polar surface area (TPSA) is 89.5 Å². The summed E-state index contributed by atoms with van der Waals surface area (Å²) in [6.45, 7) is 0. The van der Waals surface area contributed by atoms with Crippen LogP contribution in [-0.2, 0) is 0 Å². The van der Waals surface area contributed by atoms with Crippen molar-refractivity contribution < 1.29 is 38.0 Å². The van der Waals surface area contributed by atoms with Gasteiger partial charge < -0.3 is 28.4 Å². The highest BCUT2D eigenvalue weighted by molar-refractivity contribution is 6.09. The number of rotatable bonds is 10. The Kier molecular flexibility index (Phi) is 8.34. The monoisotopic (exact) mass is 478 g/mol. The minimum atomic E-state index is -0.590. The van der Waals surface area contributed by atoms with Gasteiger partial charge in [-0.25, -0.2) is 4.79 Å². The van der Waals surface area contributed by atoms with Gasteiger partial charge in [-0.15, -0.1) is 0 Å². The molecule has 0 radical (unpaired) electrons. The second-order valence-electron chi connectivity index (χ2n) is 7.13. The molecule has 8 nitrogen and oxygen atoms in total. The van der Waals surface area contributed by atoms with E-state index in [9.17, 15) is 9.59 Å². The van der Waals surface area contributed by atoms with Crippen molar-refractivity contribution in [2.75, 3.05) is 35.5 Å². The number of carbonyl (C=O) groups excluding carboxylic acids is 2. The highest BCUT2D eigenvalue weighted by Crippen LogP contribution is 2.32. The van der Waals surface area contributed by atoms with E-state index in [1.54, 1.807) is 54.6 Å². The van der Waals surface area contributed by atoms with Gasteiger partial charge in [0.05, 0.1) is 46.7 Å². The number of methoxy groups -OCH3 is 5. The maximum atomic E-state index is 12.7. The van der Waals surface area contributed by atoms with Crippen LogP contribution in [0.1, 0.15) is 26.3 Å². The zero-order valence-corrected chi connectivity index (χ0v) is 20.1. The van der Waals surface area contributed by atoms with Crippen molar-refractivity contribution in [1.82, 2.24) is 0 Å². The molecule has 0 atom stereocenters. The summed E-state index contributed by atoms with van der Waals surface area (Å²) in [6, 6.07) is 14.7. The molecule has 0 saturated heterocycles. The second kappa shape index (κ2) is 11.6. The third kappa shape index (κ3) is 5.92. The van der Waals surface area contributed by atoms with Crippen molar-refractivity contribution in [3.05, 3.63) is 77.4 Å². The number of esters is 1. The lowest BCUT2D eigenvalue weighted by Crippen LogP contribution is -2.09. The van der Waals surface area contributed by atoms with Crippen molar-refractivity contribution in [2.45, 2.75) is 0 Å². The Bertz CT molecular complexity index is 1250. The molecule has 0 fully saturated rings. The fourth-order valence-corrected chi connectivity index (χ4v) is 3.26. The Morgan fingerprint density at radius 2 is 1.26 bits per heavy atom. The van der Waals surface area contributed by atoms with Crippen molar-refractivity contribution in [3.8, 4) is 34.5 Å². The number of hydrogen-bond acceptors (Lipinski definition) is 8. The molecule has 0 N–H and O–H groups in total. The standard InChI is InChI=1S/C27H26O8/c1-30-19-9-13-22(31-2)20(16-19)21(28)10-6-17-7-11-24(25(14-17)33-4)35-27(29)18-8-12-23(32-3)26(15-18)34-5/h6-16H,1-5H3/b10-6+. The fraction of sp³-hybridized carbons (Fsp3) is 0.185. The summed E-state index contributed by atoms with van der Waals surface area (Å²) < 4.78 is 31.8. The molecule has 3 rings (SSSR count). The molecule has 0 amide bonds. The maximum absolute atomic E-state index is 12.7. The van der Waals surface area contributed by atoms with E-state index in [0.29, 0.717) is 39.9 Å². The predicted octanol–water partition coefficient (Wildman–Crippen LogP) is 4.84. The number of benzene rings is 3. The smallest absolute Gasteiger partial charge is 0.343 e. The Balaban J connectivity index is 1.79. The van der Waals surface area contributed by atoms with Crippen LogP contribution in [-0.4, -0.2) is 47.3 Å². The minimum Gasteiger partial charge on any atom is -0.497 e. The van der Waals surface area contributed by atoms with Crippen LogP contribution in [0.25, 0.3) is 6.08 Å². The molecule has 3 aromatic rings. The number of ether oxygens (including phenoxy) is 6. The minimum absolute atomic E-state index is 0.227. The SMILES string of the molecule is COc1ccc(OC)c(C(=O)/C=C/c2ccc(OC(=O)c3ccc(OC)c(OC)c3)c(OC)c2)c1. The summed E-state index contributed by atoms with van der Waals surface area (Å²) >= 11 is 0. The van der Waals surface area contributed by atoms with Crippen LogP contribution in [0.4, 0.5) is 0 Å². The van der Waals surface area contributed by atoms with Gasteiger partial charge in [-0.1, -0.05) is 12.1 Å². The Hall–Kier alpha value is -4.46. The summed E-state index contributed by atoms with van der Waals surface area (Å²) in [6.07, 6.45) is 3.05. The van der Waals surface area contributed by atoms with Gasteiger partial charge in [0, 0.05) is 0 Å². The van der Waals surface area contributed by atoms with E-state index < -0.39 is 5.97 Å². The summed E-state index contributed by atoms with van der Waals surface area (Å²) in [5.41, 5.74) is 1.32. The lowest BCUT2D eigenvalue weighted by molar-refractivity contribution is 0.0729. The van der Waals surface area contributed by atoms with Crippen LogP contribution in [0.2, 0.25) is 0 Å². The molecule has 0 heterocycles. The van der Waals surface area contributed by atoms with Crippen LogP contribution in [0, 0.1) is 0 Å². The van der Waals surface area contributed by atoms with E-state index >= 15 is 0 Å². The largest absolute Gasteiger partial charge is 0.497 e. The van der Waals surface area contributed by atoms with E-state index in [2.05, 4.69) is 0 Å². The molecule has 0 aliphatic heterocycles. The van der Waals surface area contributed by atoms with E-state index in [-0.39, 0.29) is 17.1 Å². The van der Waals surface area contributed by atoms with Gasteiger partial charge in [-0.2, -0.15) is 0 Å². The molecule has 8 heteroatoms. The summed E-state index contributed by atoms with van der Waals surface area (Å²) in [7, 11) is 7.48. The number of ketones is 1. The molecule has 0 unspecified atom stereocenters. The van der Waals surface area contributed by atoms with E-state index in [4.69, 9.17) is 28.4 Å². The molecule has 0 aromatic heterocycles. The van der Waals surface area contributed by atoms with Gasteiger partial charge in [0.25, 0.3) is 0 Å². The Labute approximate surface area is 203 Å². The van der Waals surface area contributed by atoms with Gasteiger partial charge in [-0.05, 0) is 60.2 Å². The van der Waals surface area contributed by atoms with Gasteiger partial charge >= 0.3 is 5.97 Å². The van der Waals surface area contributed by atoms with Crippen LogP contribution in [0.3, 0.4) is 0 Å². The average Bonchev–Trinajstić information content (AvgIpc) is 2.91. The van der Waals surface area contributed by atoms with Gasteiger partial charge in [-0.3, -0.25) is 4.79 Å². The normalized spacial score (nSPS) is 10.5. The average molecular weight is 478 g/mol. The molecular weight excluding hydrogens is 452 g/mol. The quantitative estimate of drug-likeness (QED) is 0.177. The number of carbonyl (C=O) groups is 2. The maximum Gasteiger partial charge on any atom is 0.343 e. The molecule has 35 heavy (non-hydrogen) atoms. The van der Waals surface area contributed by atoms with E-state index in [1.807, 2.05) is 0 Å². The number of hydrogen-bond donors (Lipinski definition) is 0. The lowest BCUT2D eigenvalue weighted by Gasteiger charge is -2.12. The van der Waals surface area contributed by atoms with Gasteiger partial charge in [0.1, 0.15) is 11.5 Å². The first kappa shape index (κ1) is 25.2. The third-order valence-corrected chi connectivity index (χ3v) is 5.11. The lowest BCUT2D eigenvalue weighted by atomic mass is 10.1. The predicted molar refractivity (Wildman–Crippen MR) is 130 cm³/mol. The molecular formula is C27H26O8. The Morgan fingerprint density at radius 1 is 0.629 bits per heavy atom. The van der Waals surface area contributed by atoms with Crippen molar-refractivity contribution >= 4 is 17.8 Å².